The van der Waals surface area contributed by atoms with Crippen LogP contribution in [-0.4, -0.2) is 32.4 Å². The lowest BCUT2D eigenvalue weighted by atomic mass is 10.1. The molecule has 1 aromatic rings. The highest BCUT2D eigenvalue weighted by molar-refractivity contribution is 7.89. The average molecular weight is 298 g/mol. The van der Waals surface area contributed by atoms with E-state index in [1.165, 1.54) is 4.31 Å². The summed E-state index contributed by atoms with van der Waals surface area (Å²) >= 11 is 0. The molecule has 1 aromatic carbocycles. The molecule has 0 aliphatic heterocycles. The molecule has 0 saturated heterocycles. The van der Waals surface area contributed by atoms with E-state index in [4.69, 9.17) is 0 Å². The Morgan fingerprint density at radius 1 is 1.20 bits per heavy atom. The summed E-state index contributed by atoms with van der Waals surface area (Å²) in [6.45, 7) is 8.80. The summed E-state index contributed by atoms with van der Waals surface area (Å²) in [4.78, 5) is 0.350. The van der Waals surface area contributed by atoms with Crippen molar-refractivity contribution in [3.8, 4) is 0 Å². The van der Waals surface area contributed by atoms with E-state index in [0.717, 1.165) is 13.0 Å². The maximum atomic E-state index is 12.7. The highest BCUT2D eigenvalue weighted by Crippen LogP contribution is 2.26. The molecule has 0 aliphatic rings. The number of nitrogens with zero attached hydrogens (tertiary/aromatic N) is 1. The topological polar surface area (TPSA) is 49.4 Å². The van der Waals surface area contributed by atoms with E-state index in [1.807, 2.05) is 32.9 Å². The first-order chi connectivity index (χ1) is 9.32. The van der Waals surface area contributed by atoms with Gasteiger partial charge in [0.2, 0.25) is 10.0 Å². The quantitative estimate of drug-likeness (QED) is 0.841. The molecule has 0 spiro atoms. The van der Waals surface area contributed by atoms with E-state index in [1.54, 1.807) is 19.2 Å². The minimum Gasteiger partial charge on any atom is -0.384 e. The lowest BCUT2D eigenvalue weighted by Gasteiger charge is -2.28. The second kappa shape index (κ2) is 7.09. The SMILES string of the molecule is CCCNc1ccccc1S(=O)(=O)N(C)C(C)C(C)C. The van der Waals surface area contributed by atoms with Gasteiger partial charge in [0.1, 0.15) is 4.90 Å². The van der Waals surface area contributed by atoms with Crippen LogP contribution < -0.4 is 5.32 Å². The van der Waals surface area contributed by atoms with E-state index >= 15 is 0 Å². The summed E-state index contributed by atoms with van der Waals surface area (Å²) in [5, 5.41) is 3.19. The standard InChI is InChI=1S/C15H26N2O2S/c1-6-11-16-14-9-7-8-10-15(14)20(18,19)17(5)13(4)12(2)3/h7-10,12-13,16H,6,11H2,1-5H3. The fraction of sp³-hybridized carbons (Fsp3) is 0.600. The van der Waals surface area contributed by atoms with E-state index in [9.17, 15) is 8.42 Å². The van der Waals surface area contributed by atoms with Gasteiger partial charge in [-0.25, -0.2) is 8.42 Å². The number of rotatable bonds is 7. The van der Waals surface area contributed by atoms with E-state index in [0.29, 0.717) is 10.6 Å². The molecule has 1 rings (SSSR count). The zero-order valence-corrected chi connectivity index (χ0v) is 13.9. The van der Waals surface area contributed by atoms with Crippen molar-refractivity contribution in [1.29, 1.82) is 0 Å². The Morgan fingerprint density at radius 2 is 1.80 bits per heavy atom. The van der Waals surface area contributed by atoms with Crippen LogP contribution in [0.2, 0.25) is 0 Å². The van der Waals surface area contributed by atoms with Crippen molar-refractivity contribution in [1.82, 2.24) is 4.31 Å². The third-order valence-corrected chi connectivity index (χ3v) is 5.65. The van der Waals surface area contributed by atoms with Crippen molar-refractivity contribution in [2.45, 2.75) is 45.1 Å². The molecule has 1 N–H and O–H groups in total. The van der Waals surface area contributed by atoms with Crippen LogP contribution in [-0.2, 0) is 10.0 Å². The number of anilines is 1. The van der Waals surface area contributed by atoms with Crippen LogP contribution in [0, 0.1) is 5.92 Å². The van der Waals surface area contributed by atoms with Gasteiger partial charge < -0.3 is 5.32 Å². The summed E-state index contributed by atoms with van der Waals surface area (Å²) < 4.78 is 27.0. The Hall–Kier alpha value is -1.07. The van der Waals surface area contributed by atoms with Crippen LogP contribution in [0.15, 0.2) is 29.2 Å². The molecule has 0 fully saturated rings. The molecule has 1 atom stereocenters. The third-order valence-electron chi connectivity index (χ3n) is 3.65. The van der Waals surface area contributed by atoms with Gasteiger partial charge in [0.25, 0.3) is 0 Å². The Bertz CT molecular complexity index is 526. The molecule has 0 aromatic heterocycles. The molecule has 20 heavy (non-hydrogen) atoms. The lowest BCUT2D eigenvalue weighted by molar-refractivity contribution is 0.316. The van der Waals surface area contributed by atoms with E-state index in [-0.39, 0.29) is 12.0 Å². The Kier molecular flexibility index (Phi) is 6.02. The zero-order chi connectivity index (χ0) is 15.3. The van der Waals surface area contributed by atoms with Crippen molar-refractivity contribution in [2.75, 3.05) is 18.9 Å². The first kappa shape index (κ1) is 17.0. The molecule has 0 amide bonds. The van der Waals surface area contributed by atoms with Gasteiger partial charge in [-0.15, -0.1) is 0 Å². The predicted molar refractivity (Wildman–Crippen MR) is 84.5 cm³/mol. The van der Waals surface area contributed by atoms with Crippen molar-refractivity contribution in [3.05, 3.63) is 24.3 Å². The van der Waals surface area contributed by atoms with Crippen molar-refractivity contribution >= 4 is 15.7 Å². The van der Waals surface area contributed by atoms with Crippen molar-refractivity contribution in [2.24, 2.45) is 5.92 Å². The minimum absolute atomic E-state index is 0.0424. The predicted octanol–water partition coefficient (Wildman–Crippen LogP) is 3.17. The van der Waals surface area contributed by atoms with Gasteiger partial charge in [0.05, 0.1) is 5.69 Å². The second-order valence-corrected chi connectivity index (χ2v) is 7.39. The number of para-hydroxylation sites is 1. The maximum Gasteiger partial charge on any atom is 0.245 e. The highest BCUT2D eigenvalue weighted by Gasteiger charge is 2.28. The molecule has 0 bridgehead atoms. The van der Waals surface area contributed by atoms with Gasteiger partial charge in [-0.3, -0.25) is 0 Å². The molecule has 0 aliphatic carbocycles. The van der Waals surface area contributed by atoms with Crippen LogP contribution in [0.4, 0.5) is 5.69 Å². The Labute approximate surface area is 123 Å². The number of nitrogens with one attached hydrogen (secondary N) is 1. The van der Waals surface area contributed by atoms with Crippen LogP contribution in [0.25, 0.3) is 0 Å². The van der Waals surface area contributed by atoms with Gasteiger partial charge in [0.15, 0.2) is 0 Å². The average Bonchev–Trinajstić information content (AvgIpc) is 2.43. The molecule has 0 heterocycles. The van der Waals surface area contributed by atoms with Crippen molar-refractivity contribution < 1.29 is 8.42 Å². The molecule has 1 unspecified atom stereocenters. The van der Waals surface area contributed by atoms with E-state index in [2.05, 4.69) is 12.2 Å². The Morgan fingerprint density at radius 3 is 2.35 bits per heavy atom. The second-order valence-electron chi connectivity index (χ2n) is 5.43. The van der Waals surface area contributed by atoms with Crippen LogP contribution in [0.5, 0.6) is 0 Å². The first-order valence-corrected chi connectivity index (χ1v) is 8.57. The molecule has 5 heteroatoms. The molecule has 0 saturated carbocycles. The largest absolute Gasteiger partial charge is 0.384 e. The highest BCUT2D eigenvalue weighted by atomic mass is 32.2. The summed E-state index contributed by atoms with van der Waals surface area (Å²) in [7, 11) is -1.82. The van der Waals surface area contributed by atoms with Crippen LogP contribution in [0.3, 0.4) is 0 Å². The first-order valence-electron chi connectivity index (χ1n) is 7.13. The van der Waals surface area contributed by atoms with Gasteiger partial charge >= 0.3 is 0 Å². The number of hydrogen-bond acceptors (Lipinski definition) is 3. The molecular formula is C15H26N2O2S. The molecule has 114 valence electrons. The Balaban J connectivity index is 3.15. The summed E-state index contributed by atoms with van der Waals surface area (Å²) in [5.41, 5.74) is 0.678. The fourth-order valence-corrected chi connectivity index (χ4v) is 3.55. The molecule has 0 radical (unpaired) electrons. The zero-order valence-electron chi connectivity index (χ0n) is 13.1. The van der Waals surface area contributed by atoms with Crippen LogP contribution >= 0.6 is 0 Å². The number of hydrogen-bond donors (Lipinski definition) is 1. The molecular weight excluding hydrogens is 272 g/mol. The van der Waals surface area contributed by atoms with Gasteiger partial charge in [-0.1, -0.05) is 32.9 Å². The van der Waals surface area contributed by atoms with Gasteiger partial charge in [-0.05, 0) is 31.4 Å². The summed E-state index contributed by atoms with van der Waals surface area (Å²) in [6, 6.07) is 7.05. The van der Waals surface area contributed by atoms with E-state index < -0.39 is 10.0 Å². The lowest BCUT2D eigenvalue weighted by Crippen LogP contribution is -2.38. The van der Waals surface area contributed by atoms with Gasteiger partial charge in [-0.2, -0.15) is 4.31 Å². The fourth-order valence-electron chi connectivity index (χ4n) is 1.89. The van der Waals surface area contributed by atoms with Gasteiger partial charge in [0, 0.05) is 19.6 Å². The summed E-state index contributed by atoms with van der Waals surface area (Å²) in [6.07, 6.45) is 0.951. The smallest absolute Gasteiger partial charge is 0.245 e. The van der Waals surface area contributed by atoms with Crippen molar-refractivity contribution in [3.63, 3.8) is 0 Å². The minimum atomic E-state index is -3.47. The molecule has 4 nitrogen and oxygen atoms in total. The van der Waals surface area contributed by atoms with Crippen LogP contribution in [0.1, 0.15) is 34.1 Å². The third kappa shape index (κ3) is 3.73. The number of sulfonamides is 1. The monoisotopic (exact) mass is 298 g/mol. The maximum absolute atomic E-state index is 12.7. The number of benzene rings is 1. The summed E-state index contributed by atoms with van der Waals surface area (Å²) in [5.74, 6) is 0.269. The normalized spacial score (nSPS) is 13.8.